The van der Waals surface area contributed by atoms with E-state index in [2.05, 4.69) is 4.74 Å². The van der Waals surface area contributed by atoms with E-state index in [1.54, 1.807) is 0 Å². The van der Waals surface area contributed by atoms with Crippen molar-refractivity contribution in [3.05, 3.63) is 16.3 Å². The molecule has 8 heavy (non-hydrogen) atoms. The Morgan fingerprint density at radius 2 is 2.50 bits per heavy atom. The van der Waals surface area contributed by atoms with E-state index < -0.39 is 4.92 Å². The van der Waals surface area contributed by atoms with Crippen LogP contribution in [0.3, 0.4) is 0 Å². The van der Waals surface area contributed by atoms with Gasteiger partial charge >= 0.3 is 6.23 Å². The first-order valence-corrected chi connectivity index (χ1v) is 2.44. The van der Waals surface area contributed by atoms with Crippen molar-refractivity contribution in [2.45, 2.75) is 12.8 Å². The lowest BCUT2D eigenvalue weighted by molar-refractivity contribution is -0.506. The van der Waals surface area contributed by atoms with E-state index in [4.69, 9.17) is 0 Å². The van der Waals surface area contributed by atoms with Crippen molar-refractivity contribution in [3.63, 3.8) is 0 Å². The predicted molar refractivity (Wildman–Crippen MR) is 25.4 cm³/mol. The topological polar surface area (TPSA) is 52.4 Å². The van der Waals surface area contributed by atoms with Gasteiger partial charge < -0.3 is 4.74 Å². The van der Waals surface area contributed by atoms with Gasteiger partial charge in [-0.3, -0.25) is 10.1 Å². The summed E-state index contributed by atoms with van der Waals surface area (Å²) in [5, 5.41) is 9.85. The SMILES string of the molecule is O=[N+]([O-])[C]1CCCO1. The fraction of sp³-hybridized carbons (Fsp3) is 0.750. The first-order chi connectivity index (χ1) is 3.80. The van der Waals surface area contributed by atoms with Gasteiger partial charge in [0.1, 0.15) is 0 Å². The summed E-state index contributed by atoms with van der Waals surface area (Å²) in [5.74, 6) is 0. The van der Waals surface area contributed by atoms with Crippen molar-refractivity contribution in [1.29, 1.82) is 0 Å². The lowest BCUT2D eigenvalue weighted by Crippen LogP contribution is -2.06. The van der Waals surface area contributed by atoms with Crippen LogP contribution in [0.1, 0.15) is 12.8 Å². The standard InChI is InChI=1S/C4H6NO3/c6-5(7)4-2-1-3-8-4/h1-3H2. The summed E-state index contributed by atoms with van der Waals surface area (Å²) in [7, 11) is 0. The van der Waals surface area contributed by atoms with Crippen LogP contribution in [0.15, 0.2) is 0 Å². The van der Waals surface area contributed by atoms with Gasteiger partial charge in [-0.05, 0) is 6.42 Å². The van der Waals surface area contributed by atoms with Crippen LogP contribution >= 0.6 is 0 Å². The third-order valence-electron chi connectivity index (χ3n) is 1.01. The van der Waals surface area contributed by atoms with Crippen LogP contribution in [0, 0.1) is 16.3 Å². The van der Waals surface area contributed by atoms with Crippen molar-refractivity contribution >= 4 is 0 Å². The summed E-state index contributed by atoms with van der Waals surface area (Å²) in [6, 6.07) is 0. The molecule has 1 radical (unpaired) electrons. The highest BCUT2D eigenvalue weighted by molar-refractivity contribution is 4.69. The second-order valence-corrected chi connectivity index (χ2v) is 1.60. The molecule has 0 bridgehead atoms. The molecule has 0 aromatic heterocycles. The Hall–Kier alpha value is -0.640. The number of rotatable bonds is 1. The molecule has 0 amide bonds. The zero-order chi connectivity index (χ0) is 5.98. The maximum absolute atomic E-state index is 9.85. The molecule has 1 rings (SSSR count). The molecule has 1 aliphatic heterocycles. The average molecular weight is 116 g/mol. The first kappa shape index (κ1) is 5.50. The Kier molecular flexibility index (Phi) is 1.43. The monoisotopic (exact) mass is 116 g/mol. The van der Waals surface area contributed by atoms with Gasteiger partial charge in [-0.15, -0.1) is 0 Å². The smallest absolute Gasteiger partial charge is 0.307 e. The molecular formula is C4H6NO3. The number of hydrogen-bond acceptors (Lipinski definition) is 3. The van der Waals surface area contributed by atoms with E-state index in [9.17, 15) is 10.1 Å². The van der Waals surface area contributed by atoms with Crippen LogP contribution in [0.4, 0.5) is 0 Å². The lowest BCUT2D eigenvalue weighted by atomic mass is 10.3. The fourth-order valence-corrected chi connectivity index (χ4v) is 0.630. The first-order valence-electron chi connectivity index (χ1n) is 2.44. The third-order valence-corrected chi connectivity index (χ3v) is 1.01. The molecule has 45 valence electrons. The van der Waals surface area contributed by atoms with Gasteiger partial charge in [0.15, 0.2) is 0 Å². The molecule has 4 heteroatoms. The number of hydrogen-bond donors (Lipinski definition) is 0. The number of ether oxygens (including phenoxy) is 1. The highest BCUT2D eigenvalue weighted by Gasteiger charge is 2.29. The summed E-state index contributed by atoms with van der Waals surface area (Å²) in [5.41, 5.74) is 0. The van der Waals surface area contributed by atoms with Gasteiger partial charge in [-0.25, -0.2) is 0 Å². The fourth-order valence-electron chi connectivity index (χ4n) is 0.630. The van der Waals surface area contributed by atoms with Crippen LogP contribution in [-0.4, -0.2) is 11.5 Å². The maximum Gasteiger partial charge on any atom is 0.421 e. The highest BCUT2D eigenvalue weighted by atomic mass is 16.7. The lowest BCUT2D eigenvalue weighted by Gasteiger charge is -1.92. The van der Waals surface area contributed by atoms with Gasteiger partial charge in [0.25, 0.3) is 0 Å². The molecule has 1 fully saturated rings. The van der Waals surface area contributed by atoms with Crippen molar-refractivity contribution in [2.24, 2.45) is 0 Å². The van der Waals surface area contributed by atoms with Gasteiger partial charge in [0.05, 0.1) is 18.0 Å². The quantitative estimate of drug-likeness (QED) is 0.371. The van der Waals surface area contributed by atoms with Gasteiger partial charge in [0, 0.05) is 0 Å². The highest BCUT2D eigenvalue weighted by Crippen LogP contribution is 2.18. The largest absolute Gasteiger partial charge is 0.421 e. The molecule has 0 spiro atoms. The van der Waals surface area contributed by atoms with Crippen LogP contribution in [-0.2, 0) is 4.74 Å². The van der Waals surface area contributed by atoms with Crippen LogP contribution in [0.5, 0.6) is 0 Å². The predicted octanol–water partition coefficient (Wildman–Crippen LogP) is 0.563. The average Bonchev–Trinajstić information content (AvgIpc) is 2.12. The summed E-state index contributed by atoms with van der Waals surface area (Å²) in [6.45, 7) is 0.510. The molecular weight excluding hydrogens is 110 g/mol. The molecule has 0 aliphatic carbocycles. The summed E-state index contributed by atoms with van der Waals surface area (Å²) in [6.07, 6.45) is 1.30. The van der Waals surface area contributed by atoms with Gasteiger partial charge in [0.2, 0.25) is 0 Å². The Morgan fingerprint density at radius 1 is 1.75 bits per heavy atom. The Morgan fingerprint density at radius 3 is 2.75 bits per heavy atom. The van der Waals surface area contributed by atoms with E-state index >= 15 is 0 Å². The second-order valence-electron chi connectivity index (χ2n) is 1.60. The van der Waals surface area contributed by atoms with E-state index in [1.165, 1.54) is 0 Å². The minimum absolute atomic E-state index is 0.0185. The summed E-state index contributed by atoms with van der Waals surface area (Å²) in [4.78, 5) is 9.38. The molecule has 0 unspecified atom stereocenters. The molecule has 1 heterocycles. The van der Waals surface area contributed by atoms with Crippen LogP contribution in [0.2, 0.25) is 0 Å². The molecule has 4 nitrogen and oxygen atoms in total. The van der Waals surface area contributed by atoms with Crippen LogP contribution in [0.25, 0.3) is 0 Å². The van der Waals surface area contributed by atoms with Gasteiger partial charge in [-0.1, -0.05) is 0 Å². The minimum atomic E-state index is -0.465. The molecule has 1 saturated heterocycles. The second kappa shape index (κ2) is 2.09. The third kappa shape index (κ3) is 0.949. The van der Waals surface area contributed by atoms with Crippen molar-refractivity contribution in [1.82, 2.24) is 0 Å². The minimum Gasteiger partial charge on any atom is -0.307 e. The maximum atomic E-state index is 9.85. The van der Waals surface area contributed by atoms with Gasteiger partial charge in [-0.2, -0.15) is 0 Å². The molecule has 0 aromatic rings. The number of nitrogens with zero attached hydrogens (tertiary/aromatic N) is 1. The van der Waals surface area contributed by atoms with Crippen molar-refractivity contribution in [2.75, 3.05) is 6.61 Å². The van der Waals surface area contributed by atoms with E-state index in [0.29, 0.717) is 13.0 Å². The zero-order valence-electron chi connectivity index (χ0n) is 4.29. The molecule has 0 N–H and O–H groups in total. The molecule has 1 aliphatic rings. The molecule has 0 aromatic carbocycles. The Labute approximate surface area is 46.6 Å². The van der Waals surface area contributed by atoms with Crippen LogP contribution < -0.4 is 0 Å². The molecule has 0 atom stereocenters. The molecule has 0 saturated carbocycles. The summed E-state index contributed by atoms with van der Waals surface area (Å²) >= 11 is 0. The Balaban J connectivity index is 2.35. The van der Waals surface area contributed by atoms with Crippen molar-refractivity contribution in [3.8, 4) is 0 Å². The van der Waals surface area contributed by atoms with E-state index in [-0.39, 0.29) is 6.23 Å². The van der Waals surface area contributed by atoms with Crippen molar-refractivity contribution < 1.29 is 9.66 Å². The Bertz CT molecular complexity index is 97.5. The summed E-state index contributed by atoms with van der Waals surface area (Å²) < 4.78 is 4.63. The van der Waals surface area contributed by atoms with E-state index in [1.807, 2.05) is 0 Å². The zero-order valence-corrected chi connectivity index (χ0v) is 4.29. The number of nitro groups is 1. The van der Waals surface area contributed by atoms with E-state index in [0.717, 1.165) is 6.42 Å². The normalized spacial score (nSPS) is 21.5.